The van der Waals surface area contributed by atoms with Gasteiger partial charge in [-0.15, -0.1) is 0 Å². The van der Waals surface area contributed by atoms with Gasteiger partial charge < -0.3 is 15.0 Å². The van der Waals surface area contributed by atoms with Crippen LogP contribution < -0.4 is 10.5 Å². The van der Waals surface area contributed by atoms with Crippen LogP contribution in [-0.4, -0.2) is 16.2 Å². The van der Waals surface area contributed by atoms with Crippen molar-refractivity contribution in [2.24, 2.45) is 0 Å². The van der Waals surface area contributed by atoms with Gasteiger partial charge in [0.25, 0.3) is 0 Å². The maximum absolute atomic E-state index is 6.09. The molecule has 3 rings (SSSR count). The van der Waals surface area contributed by atoms with E-state index in [1.54, 1.807) is 0 Å². The first-order valence-corrected chi connectivity index (χ1v) is 6.70. The molecule has 96 valence electrons. The number of hydrogen-bond donors (Lipinski definition) is 1. The minimum Gasteiger partial charge on any atom is -0.492 e. The lowest BCUT2D eigenvalue weighted by atomic mass is 10.2. The number of nitrogens with two attached hydrogens (primary N) is 1. The summed E-state index contributed by atoms with van der Waals surface area (Å²) in [5, 5.41) is 0. The van der Waals surface area contributed by atoms with Crippen molar-refractivity contribution in [3.8, 4) is 5.75 Å². The highest BCUT2D eigenvalue weighted by atomic mass is 16.5. The van der Waals surface area contributed by atoms with Crippen molar-refractivity contribution in [3.63, 3.8) is 0 Å². The van der Waals surface area contributed by atoms with E-state index in [2.05, 4.69) is 15.6 Å². The molecule has 4 nitrogen and oxygen atoms in total. The van der Waals surface area contributed by atoms with Crippen LogP contribution in [-0.2, 0) is 0 Å². The first-order valence-electron chi connectivity index (χ1n) is 6.70. The van der Waals surface area contributed by atoms with Crippen molar-refractivity contribution < 1.29 is 4.74 Å². The van der Waals surface area contributed by atoms with E-state index < -0.39 is 0 Å². The minimum absolute atomic E-state index is 0.506. The van der Waals surface area contributed by atoms with Crippen LogP contribution in [0.15, 0.2) is 18.2 Å². The number of fused-ring (bicyclic) bond motifs is 1. The molecule has 0 unspecified atom stereocenters. The molecule has 0 atom stereocenters. The van der Waals surface area contributed by atoms with Crippen molar-refractivity contribution >= 4 is 17.0 Å². The van der Waals surface area contributed by atoms with Crippen molar-refractivity contribution in [2.45, 2.75) is 38.6 Å². The standard InChI is InChI=1S/C14H19N3O/c1-2-18-12-9-5-8-11-13(12)16-14(15)17(11)10-6-3-4-7-10/h5,8-10H,2-4,6-7H2,1H3,(H2,15,16). The topological polar surface area (TPSA) is 53.1 Å². The Hall–Kier alpha value is -1.71. The van der Waals surface area contributed by atoms with Gasteiger partial charge in [0.1, 0.15) is 11.3 Å². The number of rotatable bonds is 3. The van der Waals surface area contributed by atoms with Gasteiger partial charge in [0.15, 0.2) is 0 Å². The molecule has 1 aromatic carbocycles. The van der Waals surface area contributed by atoms with E-state index in [-0.39, 0.29) is 0 Å². The zero-order chi connectivity index (χ0) is 12.5. The summed E-state index contributed by atoms with van der Waals surface area (Å²) in [4.78, 5) is 4.49. The lowest BCUT2D eigenvalue weighted by molar-refractivity contribution is 0.343. The second-order valence-corrected chi connectivity index (χ2v) is 4.84. The average molecular weight is 245 g/mol. The predicted molar refractivity (Wildman–Crippen MR) is 72.8 cm³/mol. The van der Waals surface area contributed by atoms with Crippen molar-refractivity contribution in [3.05, 3.63) is 18.2 Å². The van der Waals surface area contributed by atoms with Gasteiger partial charge in [-0.05, 0) is 31.9 Å². The third kappa shape index (κ3) is 1.72. The summed E-state index contributed by atoms with van der Waals surface area (Å²) >= 11 is 0. The molecule has 2 aromatic rings. The fourth-order valence-electron chi connectivity index (χ4n) is 2.93. The maximum Gasteiger partial charge on any atom is 0.201 e. The number of imidazole rings is 1. The monoisotopic (exact) mass is 245 g/mol. The predicted octanol–water partition coefficient (Wildman–Crippen LogP) is 3.13. The van der Waals surface area contributed by atoms with Crippen molar-refractivity contribution in [1.29, 1.82) is 0 Å². The Bertz CT molecular complexity index is 555. The van der Waals surface area contributed by atoms with Gasteiger partial charge in [0.05, 0.1) is 12.1 Å². The van der Waals surface area contributed by atoms with Gasteiger partial charge in [-0.2, -0.15) is 0 Å². The maximum atomic E-state index is 6.09. The molecule has 0 aliphatic heterocycles. The fourth-order valence-corrected chi connectivity index (χ4v) is 2.93. The number of nitrogens with zero attached hydrogens (tertiary/aromatic N) is 2. The van der Waals surface area contributed by atoms with Crippen LogP contribution in [0.1, 0.15) is 38.6 Å². The summed E-state index contributed by atoms with van der Waals surface area (Å²) < 4.78 is 7.80. The Morgan fingerprint density at radius 1 is 1.39 bits per heavy atom. The smallest absolute Gasteiger partial charge is 0.201 e. The van der Waals surface area contributed by atoms with Gasteiger partial charge >= 0.3 is 0 Å². The SMILES string of the molecule is CCOc1cccc2c1nc(N)n2C1CCCC1. The number of benzene rings is 1. The first-order chi connectivity index (χ1) is 8.81. The molecular weight excluding hydrogens is 226 g/mol. The van der Waals surface area contributed by atoms with E-state index in [0.29, 0.717) is 18.6 Å². The van der Waals surface area contributed by atoms with E-state index in [0.717, 1.165) is 16.8 Å². The summed E-state index contributed by atoms with van der Waals surface area (Å²) in [6.07, 6.45) is 4.98. The summed E-state index contributed by atoms with van der Waals surface area (Å²) in [5.41, 5.74) is 8.09. The summed E-state index contributed by atoms with van der Waals surface area (Å²) in [7, 11) is 0. The van der Waals surface area contributed by atoms with E-state index in [1.165, 1.54) is 25.7 Å². The number of hydrogen-bond acceptors (Lipinski definition) is 3. The van der Waals surface area contributed by atoms with Crippen LogP contribution in [0.4, 0.5) is 5.95 Å². The quantitative estimate of drug-likeness (QED) is 0.903. The second kappa shape index (κ2) is 4.52. The van der Waals surface area contributed by atoms with Crippen molar-refractivity contribution in [2.75, 3.05) is 12.3 Å². The van der Waals surface area contributed by atoms with Crippen LogP contribution >= 0.6 is 0 Å². The Morgan fingerprint density at radius 2 is 2.17 bits per heavy atom. The van der Waals surface area contributed by atoms with Gasteiger partial charge in [0, 0.05) is 6.04 Å². The average Bonchev–Trinajstić information content (AvgIpc) is 2.96. The number of anilines is 1. The molecule has 1 aromatic heterocycles. The number of nitrogen functional groups attached to an aromatic ring is 1. The number of para-hydroxylation sites is 1. The van der Waals surface area contributed by atoms with Gasteiger partial charge in [-0.1, -0.05) is 18.9 Å². The lowest BCUT2D eigenvalue weighted by Gasteiger charge is -2.14. The first kappa shape index (κ1) is 11.4. The largest absolute Gasteiger partial charge is 0.492 e. The Labute approximate surface area is 107 Å². The summed E-state index contributed by atoms with van der Waals surface area (Å²) in [6.45, 7) is 2.63. The van der Waals surface area contributed by atoms with E-state index >= 15 is 0 Å². The highest BCUT2D eigenvalue weighted by Gasteiger charge is 2.22. The zero-order valence-electron chi connectivity index (χ0n) is 10.7. The normalized spacial score (nSPS) is 16.5. The molecule has 1 fully saturated rings. The number of aromatic nitrogens is 2. The minimum atomic E-state index is 0.506. The van der Waals surface area contributed by atoms with Gasteiger partial charge in [0.2, 0.25) is 5.95 Å². The highest BCUT2D eigenvalue weighted by Crippen LogP contribution is 2.36. The number of ether oxygens (including phenoxy) is 1. The third-order valence-electron chi connectivity index (χ3n) is 3.70. The molecule has 0 saturated heterocycles. The molecule has 1 heterocycles. The molecule has 1 aliphatic carbocycles. The molecule has 18 heavy (non-hydrogen) atoms. The van der Waals surface area contributed by atoms with Gasteiger partial charge in [-0.3, -0.25) is 0 Å². The van der Waals surface area contributed by atoms with Crippen molar-refractivity contribution in [1.82, 2.24) is 9.55 Å². The zero-order valence-corrected chi connectivity index (χ0v) is 10.7. The van der Waals surface area contributed by atoms with E-state index in [9.17, 15) is 0 Å². The molecular formula is C14H19N3O. The molecule has 4 heteroatoms. The third-order valence-corrected chi connectivity index (χ3v) is 3.70. The van der Waals surface area contributed by atoms with E-state index in [1.807, 2.05) is 19.1 Å². The fraction of sp³-hybridized carbons (Fsp3) is 0.500. The van der Waals surface area contributed by atoms with Crippen LogP contribution in [0.25, 0.3) is 11.0 Å². The molecule has 2 N–H and O–H groups in total. The Kier molecular flexibility index (Phi) is 2.86. The van der Waals surface area contributed by atoms with Crippen LogP contribution in [0.3, 0.4) is 0 Å². The second-order valence-electron chi connectivity index (χ2n) is 4.84. The van der Waals surface area contributed by atoms with Crippen LogP contribution in [0.5, 0.6) is 5.75 Å². The highest BCUT2D eigenvalue weighted by molar-refractivity contribution is 5.84. The van der Waals surface area contributed by atoms with E-state index in [4.69, 9.17) is 10.5 Å². The van der Waals surface area contributed by atoms with Crippen LogP contribution in [0.2, 0.25) is 0 Å². The summed E-state index contributed by atoms with van der Waals surface area (Å²) in [6, 6.07) is 6.56. The molecule has 1 aliphatic rings. The van der Waals surface area contributed by atoms with Crippen LogP contribution in [0, 0.1) is 0 Å². The molecule has 0 radical (unpaired) electrons. The summed E-state index contributed by atoms with van der Waals surface area (Å²) in [5.74, 6) is 1.45. The molecule has 0 bridgehead atoms. The Balaban J connectivity index is 2.14. The lowest BCUT2D eigenvalue weighted by Crippen LogP contribution is -2.08. The molecule has 0 amide bonds. The molecule has 1 saturated carbocycles. The Morgan fingerprint density at radius 3 is 2.89 bits per heavy atom. The van der Waals surface area contributed by atoms with Gasteiger partial charge in [-0.25, -0.2) is 4.98 Å². The molecule has 0 spiro atoms.